The summed E-state index contributed by atoms with van der Waals surface area (Å²) in [5.41, 5.74) is 0.755. The molecule has 0 rings (SSSR count). The maximum Gasteiger partial charge on any atom is 0.333 e. The minimum Gasteiger partial charge on any atom is -0.466 e. The van der Waals surface area contributed by atoms with E-state index >= 15 is 0 Å². The highest BCUT2D eigenvalue weighted by Gasteiger charge is 2.36. The van der Waals surface area contributed by atoms with E-state index in [1.54, 1.807) is 27.9 Å². The number of carbonyl (C=O) groups is 4. The third kappa shape index (κ3) is 17.7. The van der Waals surface area contributed by atoms with Gasteiger partial charge in [-0.05, 0) is 27.7 Å². The average Bonchev–Trinajstić information content (AvgIpc) is 2.96. The standard InChI is InChI=1S/C12H21NO5.C8H17NO4.C5H8O2.CH4O/c1-9(2)10(14)18-8-7-13(4)11(15)12(3,16-5)17-6;1-8(12-3,13-4)7(11)9(2)5-6-10;1-4(2)5(6)7-3;1-2/h1,7-8H2,2-6H3;10H,5-6H2,1-4H3;1H2,2-3H3;2H,1H3. The van der Waals surface area contributed by atoms with E-state index in [4.69, 9.17) is 33.9 Å². The molecule has 0 aliphatic heterocycles. The van der Waals surface area contributed by atoms with Crippen molar-refractivity contribution in [3.63, 3.8) is 0 Å². The maximum absolute atomic E-state index is 12.0. The number of nitrogens with zero attached hydrogens (tertiary/aromatic N) is 2. The molecule has 0 saturated carbocycles. The van der Waals surface area contributed by atoms with E-state index in [1.807, 2.05) is 0 Å². The lowest BCUT2D eigenvalue weighted by molar-refractivity contribution is -0.210. The van der Waals surface area contributed by atoms with Crippen molar-refractivity contribution in [3.8, 4) is 0 Å². The van der Waals surface area contributed by atoms with Crippen LogP contribution in [0.25, 0.3) is 0 Å². The van der Waals surface area contributed by atoms with Crippen LogP contribution in [0, 0.1) is 0 Å². The number of aliphatic hydroxyl groups is 2. The number of ether oxygens (including phenoxy) is 6. The molecule has 2 amide bonds. The molecule has 0 aliphatic carbocycles. The largest absolute Gasteiger partial charge is 0.466 e. The van der Waals surface area contributed by atoms with Crippen LogP contribution in [0.4, 0.5) is 0 Å². The van der Waals surface area contributed by atoms with Gasteiger partial charge in [0.2, 0.25) is 11.6 Å². The van der Waals surface area contributed by atoms with Crippen LogP contribution < -0.4 is 0 Å². The van der Waals surface area contributed by atoms with Gasteiger partial charge in [-0.1, -0.05) is 13.2 Å². The summed E-state index contributed by atoms with van der Waals surface area (Å²) in [6.45, 7) is 13.6. The minimum absolute atomic E-state index is 0.0776. The smallest absolute Gasteiger partial charge is 0.333 e. The summed E-state index contributed by atoms with van der Waals surface area (Å²) in [7, 11) is 11.0. The molecule has 0 aromatic heterocycles. The fraction of sp³-hybridized carbons (Fsp3) is 0.692. The van der Waals surface area contributed by atoms with Crippen LogP contribution in [-0.2, 0) is 47.6 Å². The number of hydrogen-bond acceptors (Lipinski definition) is 12. The summed E-state index contributed by atoms with van der Waals surface area (Å²) in [5.74, 6) is -4.07. The minimum atomic E-state index is -1.33. The molecular weight excluding hydrogens is 532 g/mol. The first-order valence-electron chi connectivity index (χ1n) is 11.8. The predicted octanol–water partition coefficient (Wildman–Crippen LogP) is 0.363. The van der Waals surface area contributed by atoms with Crippen molar-refractivity contribution in [1.29, 1.82) is 0 Å². The number of amides is 2. The van der Waals surface area contributed by atoms with E-state index in [-0.39, 0.29) is 44.1 Å². The Labute approximate surface area is 238 Å². The maximum atomic E-state index is 12.0. The number of esters is 2. The van der Waals surface area contributed by atoms with Gasteiger partial charge in [0, 0.05) is 67.3 Å². The molecule has 0 bridgehead atoms. The molecule has 0 aromatic carbocycles. The molecule has 14 nitrogen and oxygen atoms in total. The molecule has 0 unspecified atom stereocenters. The third-order valence-electron chi connectivity index (χ3n) is 5.01. The first-order chi connectivity index (χ1) is 18.5. The van der Waals surface area contributed by atoms with Crippen molar-refractivity contribution in [2.75, 3.05) is 83.1 Å². The Morgan fingerprint density at radius 3 is 1.25 bits per heavy atom. The number of methoxy groups -OCH3 is 5. The summed E-state index contributed by atoms with van der Waals surface area (Å²) >= 11 is 0. The molecule has 0 spiro atoms. The molecule has 0 radical (unpaired) electrons. The lowest BCUT2D eigenvalue weighted by atomic mass is 10.3. The zero-order chi connectivity index (χ0) is 32.7. The average molecular weight is 583 g/mol. The first-order valence-corrected chi connectivity index (χ1v) is 11.8. The SMILES string of the molecule is C=C(C)C(=O)OC.C=C(C)C(=O)OCCN(C)C(=O)C(C)(OC)OC.CO.COC(C)(OC)C(=O)N(C)CCO. The number of hydrogen-bond donors (Lipinski definition) is 2. The lowest BCUT2D eigenvalue weighted by Gasteiger charge is -2.29. The van der Waals surface area contributed by atoms with Crippen LogP contribution >= 0.6 is 0 Å². The van der Waals surface area contributed by atoms with Crippen LogP contribution in [0.3, 0.4) is 0 Å². The predicted molar refractivity (Wildman–Crippen MR) is 148 cm³/mol. The second-order valence-electron chi connectivity index (χ2n) is 8.07. The Balaban J connectivity index is -0.000000257. The van der Waals surface area contributed by atoms with Gasteiger partial charge in [-0.3, -0.25) is 9.59 Å². The van der Waals surface area contributed by atoms with Gasteiger partial charge in [-0.15, -0.1) is 0 Å². The van der Waals surface area contributed by atoms with Crippen LogP contribution in [0.5, 0.6) is 0 Å². The Morgan fingerprint density at radius 2 is 1.02 bits per heavy atom. The molecule has 40 heavy (non-hydrogen) atoms. The van der Waals surface area contributed by atoms with Crippen molar-refractivity contribution in [2.24, 2.45) is 0 Å². The number of carbonyl (C=O) groups excluding carboxylic acids is 4. The van der Waals surface area contributed by atoms with E-state index in [2.05, 4.69) is 17.9 Å². The zero-order valence-corrected chi connectivity index (χ0v) is 26.1. The van der Waals surface area contributed by atoms with E-state index in [1.165, 1.54) is 59.2 Å². The van der Waals surface area contributed by atoms with E-state index < -0.39 is 17.5 Å². The Hall–Kier alpha value is -2.88. The van der Waals surface area contributed by atoms with Crippen molar-refractivity contribution >= 4 is 23.8 Å². The molecule has 0 fully saturated rings. The van der Waals surface area contributed by atoms with Crippen LogP contribution in [0.2, 0.25) is 0 Å². The normalized spacial score (nSPS) is 10.2. The molecule has 0 saturated heterocycles. The van der Waals surface area contributed by atoms with E-state index in [0.717, 1.165) is 7.11 Å². The van der Waals surface area contributed by atoms with Gasteiger partial charge in [-0.25, -0.2) is 9.59 Å². The summed E-state index contributed by atoms with van der Waals surface area (Å²) in [5, 5.41) is 15.6. The lowest BCUT2D eigenvalue weighted by Crippen LogP contribution is -2.49. The van der Waals surface area contributed by atoms with Crippen LogP contribution in [-0.4, -0.2) is 138 Å². The van der Waals surface area contributed by atoms with Gasteiger partial charge in [0.05, 0.1) is 20.3 Å². The van der Waals surface area contributed by atoms with Gasteiger partial charge >= 0.3 is 11.9 Å². The van der Waals surface area contributed by atoms with Crippen LogP contribution in [0.1, 0.15) is 27.7 Å². The van der Waals surface area contributed by atoms with Crippen molar-refractivity contribution < 1.29 is 57.8 Å². The van der Waals surface area contributed by atoms with Crippen molar-refractivity contribution in [2.45, 2.75) is 39.3 Å². The second-order valence-corrected chi connectivity index (χ2v) is 8.07. The number of aliphatic hydroxyl groups excluding tert-OH is 2. The van der Waals surface area contributed by atoms with Gasteiger partial charge in [0.25, 0.3) is 11.8 Å². The molecule has 2 N–H and O–H groups in total. The summed E-state index contributed by atoms with van der Waals surface area (Å²) in [6, 6.07) is 0. The highest BCUT2D eigenvalue weighted by atomic mass is 16.7. The highest BCUT2D eigenvalue weighted by molar-refractivity contribution is 5.87. The molecule has 0 atom stereocenters. The van der Waals surface area contributed by atoms with E-state index in [9.17, 15) is 19.2 Å². The molecule has 0 heterocycles. The molecule has 0 aliphatic rings. The van der Waals surface area contributed by atoms with Crippen LogP contribution in [0.15, 0.2) is 24.3 Å². The Morgan fingerprint density at radius 1 is 0.700 bits per heavy atom. The Bertz CT molecular complexity index is 778. The first kappa shape index (κ1) is 44.1. The van der Waals surface area contributed by atoms with Crippen molar-refractivity contribution in [1.82, 2.24) is 9.80 Å². The van der Waals surface area contributed by atoms with Gasteiger partial charge in [-0.2, -0.15) is 0 Å². The van der Waals surface area contributed by atoms with Gasteiger partial charge in [0.1, 0.15) is 6.61 Å². The van der Waals surface area contributed by atoms with Crippen molar-refractivity contribution in [3.05, 3.63) is 24.3 Å². The van der Waals surface area contributed by atoms with E-state index in [0.29, 0.717) is 11.1 Å². The molecular formula is C26H50N2O12. The van der Waals surface area contributed by atoms with Gasteiger partial charge in [0.15, 0.2) is 0 Å². The molecule has 0 aromatic rings. The second kappa shape index (κ2) is 24.0. The summed E-state index contributed by atoms with van der Waals surface area (Å²) in [6.07, 6.45) is 0. The molecule has 14 heteroatoms. The summed E-state index contributed by atoms with van der Waals surface area (Å²) in [4.78, 5) is 47.6. The highest BCUT2D eigenvalue weighted by Crippen LogP contribution is 2.13. The molecule has 236 valence electrons. The van der Waals surface area contributed by atoms with Gasteiger partial charge < -0.3 is 48.4 Å². The fourth-order valence-corrected chi connectivity index (χ4v) is 2.14. The monoisotopic (exact) mass is 582 g/mol. The quantitative estimate of drug-likeness (QED) is 0.174. The fourth-order valence-electron chi connectivity index (χ4n) is 2.14. The Kier molecular flexibility index (Phi) is 26.4. The summed E-state index contributed by atoms with van der Waals surface area (Å²) < 4.78 is 29.0. The number of likely N-dealkylation sites (N-methyl/N-ethyl adjacent to an activating group) is 2. The zero-order valence-electron chi connectivity index (χ0n) is 26.1. The topological polar surface area (TPSA) is 171 Å². The number of rotatable bonds is 13. The third-order valence-corrected chi connectivity index (χ3v) is 5.01.